The Morgan fingerprint density at radius 2 is 2.27 bits per heavy atom. The number of carbonyl (C=O) groups is 1. The first kappa shape index (κ1) is 11.4. The second-order valence-electron chi connectivity index (χ2n) is 2.86. The van der Waals surface area contributed by atoms with Gasteiger partial charge in [0.2, 0.25) is 5.88 Å². The maximum absolute atomic E-state index is 13.2. The van der Waals surface area contributed by atoms with Crippen LogP contribution >= 0.6 is 0 Å². The monoisotopic (exact) mass is 217 g/mol. The molecule has 0 amide bonds. The number of methoxy groups -OCH3 is 1. The van der Waals surface area contributed by atoms with Gasteiger partial charge < -0.3 is 9.84 Å². The average molecular weight is 217 g/mol. The van der Waals surface area contributed by atoms with E-state index in [0.29, 0.717) is 0 Å². The topological polar surface area (TPSA) is 59.4 Å². The summed E-state index contributed by atoms with van der Waals surface area (Å²) < 4.78 is 31.1. The summed E-state index contributed by atoms with van der Waals surface area (Å²) in [6.07, 6.45) is -0.344. The first-order valence-corrected chi connectivity index (χ1v) is 4.06. The van der Waals surface area contributed by atoms with Gasteiger partial charge in [0, 0.05) is 17.8 Å². The number of alkyl halides is 2. The molecule has 0 aliphatic heterocycles. The van der Waals surface area contributed by atoms with Crippen LogP contribution in [0.2, 0.25) is 0 Å². The lowest BCUT2D eigenvalue weighted by Gasteiger charge is -2.13. The second-order valence-corrected chi connectivity index (χ2v) is 2.86. The molecule has 0 saturated carbocycles. The minimum absolute atomic E-state index is 0.199. The van der Waals surface area contributed by atoms with Gasteiger partial charge in [-0.05, 0) is 6.07 Å². The minimum Gasteiger partial charge on any atom is -0.481 e. The van der Waals surface area contributed by atoms with Gasteiger partial charge in [0.1, 0.15) is 6.42 Å². The van der Waals surface area contributed by atoms with E-state index in [1.807, 2.05) is 0 Å². The molecular formula is C9H9F2NO3. The molecular weight excluding hydrogens is 208 g/mol. The molecule has 0 atom stereocenters. The molecule has 4 nitrogen and oxygen atoms in total. The molecule has 6 heteroatoms. The lowest BCUT2D eigenvalue weighted by Crippen LogP contribution is -2.18. The fourth-order valence-corrected chi connectivity index (χ4v) is 1.01. The Balaban J connectivity index is 2.89. The Kier molecular flexibility index (Phi) is 3.18. The molecule has 82 valence electrons. The maximum atomic E-state index is 13.2. The van der Waals surface area contributed by atoms with Crippen molar-refractivity contribution in [3.05, 3.63) is 23.9 Å². The van der Waals surface area contributed by atoms with Crippen molar-refractivity contribution in [3.63, 3.8) is 0 Å². The van der Waals surface area contributed by atoms with E-state index in [2.05, 4.69) is 4.98 Å². The number of aliphatic carboxylic acids is 1. The molecule has 1 heterocycles. The standard InChI is InChI=1S/C9H9F2NO3/c1-15-7-3-2-6(5-12-7)9(10,11)4-8(13)14/h2-3,5H,4H2,1H3,(H,13,14). The number of hydrogen-bond acceptors (Lipinski definition) is 3. The molecule has 15 heavy (non-hydrogen) atoms. The Bertz CT molecular complexity index is 351. The zero-order valence-electron chi connectivity index (χ0n) is 7.91. The predicted molar refractivity (Wildman–Crippen MR) is 46.9 cm³/mol. The first-order chi connectivity index (χ1) is 6.95. The Labute approximate surface area is 84.5 Å². The summed E-state index contributed by atoms with van der Waals surface area (Å²) in [5.74, 6) is -4.77. The van der Waals surface area contributed by atoms with Crippen LogP contribution in [-0.4, -0.2) is 23.2 Å². The number of halogens is 2. The summed E-state index contributed by atoms with van der Waals surface area (Å²) in [4.78, 5) is 13.8. The third-order valence-corrected chi connectivity index (χ3v) is 1.74. The summed E-state index contributed by atoms with van der Waals surface area (Å²) in [7, 11) is 1.36. The van der Waals surface area contributed by atoms with E-state index in [9.17, 15) is 13.6 Å². The van der Waals surface area contributed by atoms with Crippen LogP contribution in [0.1, 0.15) is 12.0 Å². The van der Waals surface area contributed by atoms with Gasteiger partial charge in [-0.15, -0.1) is 0 Å². The molecule has 0 unspecified atom stereocenters. The number of nitrogens with zero attached hydrogens (tertiary/aromatic N) is 1. The third kappa shape index (κ3) is 2.87. The molecule has 0 radical (unpaired) electrons. The quantitative estimate of drug-likeness (QED) is 0.833. The largest absolute Gasteiger partial charge is 0.481 e. The fourth-order valence-electron chi connectivity index (χ4n) is 1.01. The molecule has 0 saturated heterocycles. The number of pyridine rings is 1. The first-order valence-electron chi connectivity index (χ1n) is 4.06. The van der Waals surface area contributed by atoms with Gasteiger partial charge in [0.25, 0.3) is 5.92 Å². The van der Waals surface area contributed by atoms with Crippen LogP contribution in [0.25, 0.3) is 0 Å². The van der Waals surface area contributed by atoms with Gasteiger partial charge in [0.05, 0.1) is 7.11 Å². The van der Waals surface area contributed by atoms with E-state index >= 15 is 0 Å². The van der Waals surface area contributed by atoms with Crippen molar-refractivity contribution >= 4 is 5.97 Å². The number of aromatic nitrogens is 1. The number of ether oxygens (including phenoxy) is 1. The smallest absolute Gasteiger partial charge is 0.309 e. The molecule has 1 rings (SSSR count). The van der Waals surface area contributed by atoms with Crippen LogP contribution < -0.4 is 4.74 Å². The highest BCUT2D eigenvalue weighted by molar-refractivity contribution is 5.68. The summed E-state index contributed by atoms with van der Waals surface area (Å²) >= 11 is 0. The van der Waals surface area contributed by atoms with Crippen molar-refractivity contribution in [2.24, 2.45) is 0 Å². The number of carboxylic acid groups (broad SMARTS) is 1. The van der Waals surface area contributed by atoms with Gasteiger partial charge in [-0.2, -0.15) is 0 Å². The lowest BCUT2D eigenvalue weighted by atomic mass is 10.1. The normalized spacial score (nSPS) is 11.1. The van der Waals surface area contributed by atoms with Crippen molar-refractivity contribution in [1.82, 2.24) is 4.98 Å². The fraction of sp³-hybridized carbons (Fsp3) is 0.333. The van der Waals surface area contributed by atoms with E-state index < -0.39 is 23.9 Å². The number of carboxylic acids is 1. The van der Waals surface area contributed by atoms with Crippen molar-refractivity contribution in [1.29, 1.82) is 0 Å². The molecule has 0 bridgehead atoms. The van der Waals surface area contributed by atoms with Gasteiger partial charge in [-0.25, -0.2) is 13.8 Å². The lowest BCUT2D eigenvalue weighted by molar-refractivity contribution is -0.145. The van der Waals surface area contributed by atoms with Gasteiger partial charge in [0.15, 0.2) is 0 Å². The highest BCUT2D eigenvalue weighted by atomic mass is 19.3. The van der Waals surface area contributed by atoms with Crippen LogP contribution in [0, 0.1) is 0 Å². The zero-order chi connectivity index (χ0) is 11.5. The highest BCUT2D eigenvalue weighted by Crippen LogP contribution is 2.31. The van der Waals surface area contributed by atoms with Crippen molar-refractivity contribution < 1.29 is 23.4 Å². The van der Waals surface area contributed by atoms with Crippen molar-refractivity contribution in [2.75, 3.05) is 7.11 Å². The summed E-state index contributed by atoms with van der Waals surface area (Å²) in [5.41, 5.74) is -0.439. The Morgan fingerprint density at radius 3 is 2.67 bits per heavy atom. The maximum Gasteiger partial charge on any atom is 0.309 e. The predicted octanol–water partition coefficient (Wildman–Crippen LogP) is 1.66. The Morgan fingerprint density at radius 1 is 1.60 bits per heavy atom. The molecule has 0 aliphatic carbocycles. The van der Waals surface area contributed by atoms with Crippen LogP contribution in [0.5, 0.6) is 5.88 Å². The molecule has 1 N–H and O–H groups in total. The van der Waals surface area contributed by atoms with E-state index in [1.54, 1.807) is 0 Å². The summed E-state index contributed by atoms with van der Waals surface area (Å²) in [6, 6.07) is 2.35. The van der Waals surface area contributed by atoms with Crippen LogP contribution in [-0.2, 0) is 10.7 Å². The molecule has 0 aliphatic rings. The second kappa shape index (κ2) is 4.20. The van der Waals surface area contributed by atoms with Gasteiger partial charge >= 0.3 is 5.97 Å². The molecule has 1 aromatic heterocycles. The van der Waals surface area contributed by atoms with Crippen LogP contribution in [0.3, 0.4) is 0 Å². The van der Waals surface area contributed by atoms with E-state index in [1.165, 1.54) is 13.2 Å². The number of rotatable bonds is 4. The highest BCUT2D eigenvalue weighted by Gasteiger charge is 2.34. The van der Waals surface area contributed by atoms with E-state index in [-0.39, 0.29) is 5.88 Å². The number of hydrogen-bond donors (Lipinski definition) is 1. The van der Waals surface area contributed by atoms with Crippen molar-refractivity contribution in [3.8, 4) is 5.88 Å². The van der Waals surface area contributed by atoms with Crippen molar-refractivity contribution in [2.45, 2.75) is 12.3 Å². The van der Waals surface area contributed by atoms with Crippen LogP contribution in [0.15, 0.2) is 18.3 Å². The molecule has 0 fully saturated rings. The van der Waals surface area contributed by atoms with Crippen LogP contribution in [0.4, 0.5) is 8.78 Å². The van der Waals surface area contributed by atoms with Gasteiger partial charge in [-0.1, -0.05) is 0 Å². The summed E-state index contributed by atoms with van der Waals surface area (Å²) in [6.45, 7) is 0. The van der Waals surface area contributed by atoms with E-state index in [0.717, 1.165) is 12.3 Å². The molecule has 1 aromatic rings. The van der Waals surface area contributed by atoms with E-state index in [4.69, 9.17) is 9.84 Å². The Hall–Kier alpha value is -1.72. The summed E-state index contributed by atoms with van der Waals surface area (Å²) in [5, 5.41) is 8.29. The molecule has 0 spiro atoms. The SMILES string of the molecule is COc1ccc(C(F)(F)CC(=O)O)cn1. The zero-order valence-corrected chi connectivity index (χ0v) is 7.91. The minimum atomic E-state index is -3.41. The molecule has 0 aromatic carbocycles. The van der Waals surface area contributed by atoms with Gasteiger partial charge in [-0.3, -0.25) is 4.79 Å². The third-order valence-electron chi connectivity index (χ3n) is 1.74. The average Bonchev–Trinajstić information content (AvgIpc) is 2.16.